The molecule has 8 heteroatoms. The van der Waals surface area contributed by atoms with Gasteiger partial charge in [0.2, 0.25) is 0 Å². The molecule has 1 spiro atoms. The number of esters is 1. The lowest BCUT2D eigenvalue weighted by Crippen LogP contribution is -2.76. The Kier molecular flexibility index (Phi) is 5.29. The third-order valence-electron chi connectivity index (χ3n) is 12.0. The van der Waals surface area contributed by atoms with Crippen LogP contribution in [0.3, 0.4) is 0 Å². The number of carbonyl (C=O) groups is 1. The largest absolute Gasteiger partial charge is 0.458 e. The van der Waals surface area contributed by atoms with Crippen LogP contribution in [0.5, 0.6) is 0 Å². The monoisotopic (exact) mass is 513 g/mol. The molecule has 0 radical (unpaired) electrons. The van der Waals surface area contributed by atoms with Crippen molar-refractivity contribution in [2.45, 2.75) is 68.7 Å². The fourth-order valence-electron chi connectivity index (χ4n) is 11.1. The number of hydrogen-bond acceptors (Lipinski definition) is 8. The van der Waals surface area contributed by atoms with E-state index < -0.39 is 52.5 Å². The van der Waals surface area contributed by atoms with Gasteiger partial charge >= 0.3 is 5.97 Å². The summed E-state index contributed by atoms with van der Waals surface area (Å²) in [7, 11) is 1.64. The van der Waals surface area contributed by atoms with E-state index in [0.717, 1.165) is 0 Å². The molecule has 1 heterocycles. The predicted octanol–water partition coefficient (Wildman–Crippen LogP) is 1.06. The number of aliphatic hydroxyl groups is 4. The highest BCUT2D eigenvalue weighted by Crippen LogP contribution is 2.78. The van der Waals surface area contributed by atoms with Crippen LogP contribution in [0.15, 0.2) is 30.3 Å². The smallest absolute Gasteiger partial charge is 0.338 e. The van der Waals surface area contributed by atoms with E-state index in [2.05, 4.69) is 11.8 Å². The van der Waals surface area contributed by atoms with Crippen LogP contribution in [0, 0.1) is 40.4 Å². The molecule has 1 saturated heterocycles. The number of fused-ring (bicyclic) bond motifs is 2. The zero-order valence-electron chi connectivity index (χ0n) is 21.6. The van der Waals surface area contributed by atoms with Gasteiger partial charge in [-0.25, -0.2) is 4.79 Å². The summed E-state index contributed by atoms with van der Waals surface area (Å²) < 4.78 is 12.2. The van der Waals surface area contributed by atoms with Crippen molar-refractivity contribution in [2.75, 3.05) is 26.8 Å². The number of piperidine rings is 1. The van der Waals surface area contributed by atoms with Crippen molar-refractivity contribution in [1.29, 1.82) is 0 Å². The van der Waals surface area contributed by atoms with Crippen molar-refractivity contribution in [3.05, 3.63) is 35.9 Å². The molecule has 5 saturated carbocycles. The number of methoxy groups -OCH3 is 1. The van der Waals surface area contributed by atoms with Crippen LogP contribution in [0.1, 0.15) is 43.0 Å². The molecule has 5 aliphatic carbocycles. The van der Waals surface area contributed by atoms with Crippen LogP contribution >= 0.6 is 0 Å². The Morgan fingerprint density at radius 2 is 1.95 bits per heavy atom. The lowest BCUT2D eigenvalue weighted by atomic mass is 9.43. The molecule has 4 N–H and O–H groups in total. The maximum Gasteiger partial charge on any atom is 0.338 e. The van der Waals surface area contributed by atoms with E-state index in [1.54, 1.807) is 31.4 Å². The van der Waals surface area contributed by atoms with E-state index in [-0.39, 0.29) is 36.5 Å². The highest BCUT2D eigenvalue weighted by atomic mass is 16.6. The summed E-state index contributed by atoms with van der Waals surface area (Å²) in [6.45, 7) is 3.41. The third-order valence-corrected chi connectivity index (χ3v) is 12.0. The second-order valence-corrected chi connectivity index (χ2v) is 12.8. The average Bonchev–Trinajstić information content (AvgIpc) is 3.33. The molecule has 202 valence electrons. The fourth-order valence-corrected chi connectivity index (χ4v) is 11.1. The first-order valence-corrected chi connectivity index (χ1v) is 14.0. The first-order chi connectivity index (χ1) is 17.8. The number of hydrogen-bond donors (Lipinski definition) is 4. The molecule has 1 aromatic rings. The summed E-state index contributed by atoms with van der Waals surface area (Å²) in [4.78, 5) is 15.6. The molecule has 37 heavy (non-hydrogen) atoms. The molecule has 8 nitrogen and oxygen atoms in total. The highest BCUT2D eigenvalue weighted by molar-refractivity contribution is 5.89. The van der Waals surface area contributed by atoms with Crippen LogP contribution < -0.4 is 0 Å². The van der Waals surface area contributed by atoms with E-state index in [1.807, 2.05) is 6.07 Å². The number of likely N-dealkylation sites (tertiary alicyclic amines) is 1. The van der Waals surface area contributed by atoms with E-state index in [1.165, 1.54) is 0 Å². The van der Waals surface area contributed by atoms with Gasteiger partial charge < -0.3 is 29.9 Å². The molecular formula is C29H39NO7. The first kappa shape index (κ1) is 24.5. The Morgan fingerprint density at radius 3 is 2.62 bits per heavy atom. The molecule has 7 rings (SSSR count). The van der Waals surface area contributed by atoms with E-state index in [0.29, 0.717) is 44.3 Å². The predicted molar refractivity (Wildman–Crippen MR) is 132 cm³/mol. The number of benzene rings is 1. The number of nitrogens with zero attached hydrogens (tertiary/aromatic N) is 1. The summed E-state index contributed by atoms with van der Waals surface area (Å²) in [6.07, 6.45) is -0.164. The van der Waals surface area contributed by atoms with Crippen LogP contribution in [-0.2, 0) is 9.47 Å². The number of aliphatic hydroxyl groups excluding tert-OH is 3. The topological polar surface area (TPSA) is 120 Å². The molecule has 1 aromatic carbocycles. The van der Waals surface area contributed by atoms with Gasteiger partial charge in [-0.3, -0.25) is 4.90 Å². The van der Waals surface area contributed by atoms with Crippen LogP contribution in [-0.4, -0.2) is 94.2 Å². The normalized spacial score (nSPS) is 53.2. The summed E-state index contributed by atoms with van der Waals surface area (Å²) in [6, 6.07) is 8.71. The van der Waals surface area contributed by atoms with E-state index in [9.17, 15) is 25.2 Å². The summed E-state index contributed by atoms with van der Waals surface area (Å²) in [5.41, 5.74) is -2.05. The van der Waals surface area contributed by atoms with Crippen LogP contribution in [0.4, 0.5) is 0 Å². The Morgan fingerprint density at radius 1 is 1.19 bits per heavy atom. The third kappa shape index (κ3) is 2.72. The van der Waals surface area contributed by atoms with Gasteiger partial charge in [0.15, 0.2) is 0 Å². The zero-order valence-corrected chi connectivity index (χ0v) is 21.6. The molecule has 13 atom stereocenters. The van der Waals surface area contributed by atoms with E-state index in [4.69, 9.17) is 9.47 Å². The molecule has 0 unspecified atom stereocenters. The number of ether oxygens (including phenoxy) is 2. The van der Waals surface area contributed by atoms with Gasteiger partial charge in [-0.15, -0.1) is 0 Å². The molecule has 6 fully saturated rings. The highest BCUT2D eigenvalue weighted by Gasteiger charge is 2.86. The zero-order chi connectivity index (χ0) is 25.9. The molecule has 6 aliphatic rings. The van der Waals surface area contributed by atoms with E-state index >= 15 is 0 Å². The number of rotatable bonds is 5. The van der Waals surface area contributed by atoms with Gasteiger partial charge in [0.25, 0.3) is 0 Å². The SMILES string of the molecule is CCN1C[C@]2(CO)CC[C@H](O)[C@]34[C@@H]5C[C@H]6[C@H](OC(=O)c7ccccc7)[C@@H]5[C@](O)(C[C@@H]6OC)[C@H]([C@H](O)[C@H]23)[C@@H]14. The molecule has 0 aromatic heterocycles. The standard InChI is InChI=1S/C29H39NO7/c1-3-30-13-27(14-31)10-9-19(32)29-17-11-16-18(36-2)12-28(35,21(25(29)30)22(33)24(27)29)20(17)23(16)37-26(34)15-7-5-4-6-8-15/h4-8,16-25,31-33,35H,3,9-14H2,1-2H3/t16-,17-,18+,19+,20-,21-,22+,23+,24-,25-,27+,28-,29-/m1/s1. The quantitative estimate of drug-likeness (QED) is 0.432. The Hall–Kier alpha value is -1.55. The fraction of sp³-hybridized carbons (Fsp3) is 0.759. The van der Waals surface area contributed by atoms with Crippen LogP contribution in [0.2, 0.25) is 0 Å². The minimum atomic E-state index is -1.31. The summed E-state index contributed by atoms with van der Waals surface area (Å²) >= 11 is 0. The molecular weight excluding hydrogens is 474 g/mol. The van der Waals surface area contributed by atoms with Gasteiger partial charge in [0.1, 0.15) is 6.10 Å². The lowest BCUT2D eigenvalue weighted by Gasteiger charge is -2.68. The van der Waals surface area contributed by atoms with Gasteiger partial charge in [0, 0.05) is 60.6 Å². The van der Waals surface area contributed by atoms with Gasteiger partial charge in [-0.2, -0.15) is 0 Å². The van der Waals surface area contributed by atoms with Gasteiger partial charge in [-0.05, 0) is 43.9 Å². The molecule has 7 bridgehead atoms. The van der Waals surface area contributed by atoms with Crippen molar-refractivity contribution in [1.82, 2.24) is 4.90 Å². The van der Waals surface area contributed by atoms with Crippen molar-refractivity contribution in [2.24, 2.45) is 40.4 Å². The summed E-state index contributed by atoms with van der Waals surface area (Å²) in [5, 5.41) is 47.5. The second kappa shape index (κ2) is 7.99. The number of carbonyl (C=O) groups excluding carboxylic acids is 1. The molecule has 0 amide bonds. The van der Waals surface area contributed by atoms with Crippen LogP contribution in [0.25, 0.3) is 0 Å². The van der Waals surface area contributed by atoms with Gasteiger partial charge in [-0.1, -0.05) is 25.1 Å². The Balaban J connectivity index is 1.39. The minimum Gasteiger partial charge on any atom is -0.458 e. The molecule has 1 aliphatic heterocycles. The first-order valence-electron chi connectivity index (χ1n) is 14.0. The minimum absolute atomic E-state index is 0.0501. The van der Waals surface area contributed by atoms with Crippen molar-refractivity contribution < 1.29 is 34.7 Å². The second-order valence-electron chi connectivity index (χ2n) is 12.8. The maximum absolute atomic E-state index is 13.3. The summed E-state index contributed by atoms with van der Waals surface area (Å²) in [5.74, 6) is -1.91. The Bertz CT molecular complexity index is 1090. The average molecular weight is 514 g/mol. The Labute approximate surface area is 217 Å². The van der Waals surface area contributed by atoms with Gasteiger partial charge in [0.05, 0.1) is 36.1 Å². The lowest BCUT2D eigenvalue weighted by molar-refractivity contribution is -0.271. The maximum atomic E-state index is 13.3. The van der Waals surface area contributed by atoms with Crippen molar-refractivity contribution in [3.8, 4) is 0 Å². The van der Waals surface area contributed by atoms with Crippen molar-refractivity contribution >= 4 is 5.97 Å². The van der Waals surface area contributed by atoms with Crippen molar-refractivity contribution in [3.63, 3.8) is 0 Å².